The first-order valence-electron chi connectivity index (χ1n) is 6.39. The number of esters is 1. The van der Waals surface area contributed by atoms with Gasteiger partial charge in [-0.1, -0.05) is 18.2 Å². The molecular weight excluding hydrogens is 278 g/mol. The van der Waals surface area contributed by atoms with Gasteiger partial charge in [0, 0.05) is 11.1 Å². The summed E-state index contributed by atoms with van der Waals surface area (Å²) in [6.07, 6.45) is 1.66. The molecule has 0 aliphatic heterocycles. The third-order valence-electron chi connectivity index (χ3n) is 2.96. The van der Waals surface area contributed by atoms with Crippen molar-refractivity contribution in [2.45, 2.75) is 19.8 Å². The summed E-state index contributed by atoms with van der Waals surface area (Å²) in [5.74, 6) is -0.321. The molecule has 0 aliphatic carbocycles. The number of hydrogen-bond donors (Lipinski definition) is 0. The van der Waals surface area contributed by atoms with E-state index in [-0.39, 0.29) is 12.4 Å². The van der Waals surface area contributed by atoms with Crippen molar-refractivity contribution in [3.05, 3.63) is 36.0 Å². The van der Waals surface area contributed by atoms with Crippen LogP contribution < -0.4 is 0 Å². The standard InChI is InChI=1S/C14H17NO4S/c1-3-19-14(16)9-8-12-10-11-6-4-5-7-13(11)15(12)20(2,17)18/h4-7,10H,3,8-9H2,1-2H3. The largest absolute Gasteiger partial charge is 0.466 e. The second-order valence-corrected chi connectivity index (χ2v) is 6.36. The van der Waals surface area contributed by atoms with Crippen LogP contribution in [0.1, 0.15) is 19.0 Å². The number of aryl methyl sites for hydroxylation is 1. The molecular formula is C14H17NO4S. The molecule has 0 amide bonds. The van der Waals surface area contributed by atoms with Crippen LogP contribution in [0, 0.1) is 0 Å². The fraction of sp³-hybridized carbons (Fsp3) is 0.357. The van der Waals surface area contributed by atoms with Gasteiger partial charge in [0.25, 0.3) is 0 Å². The molecule has 2 aromatic rings. The molecule has 1 heterocycles. The van der Waals surface area contributed by atoms with Gasteiger partial charge in [0.15, 0.2) is 0 Å². The van der Waals surface area contributed by atoms with Gasteiger partial charge in [-0.25, -0.2) is 12.4 Å². The predicted octanol–water partition coefficient (Wildman–Crippen LogP) is 1.94. The molecule has 20 heavy (non-hydrogen) atoms. The lowest BCUT2D eigenvalue weighted by Gasteiger charge is -2.08. The normalized spacial score (nSPS) is 11.7. The van der Waals surface area contributed by atoms with E-state index in [9.17, 15) is 13.2 Å². The van der Waals surface area contributed by atoms with Crippen LogP contribution in [0.3, 0.4) is 0 Å². The Morgan fingerprint density at radius 3 is 2.65 bits per heavy atom. The van der Waals surface area contributed by atoms with Crippen molar-refractivity contribution in [1.82, 2.24) is 3.97 Å². The zero-order chi connectivity index (χ0) is 14.8. The molecule has 2 rings (SSSR count). The maximum atomic E-state index is 11.9. The molecule has 6 heteroatoms. The summed E-state index contributed by atoms with van der Waals surface area (Å²) in [4.78, 5) is 11.4. The molecule has 108 valence electrons. The predicted molar refractivity (Wildman–Crippen MR) is 77.1 cm³/mol. The minimum absolute atomic E-state index is 0.166. The van der Waals surface area contributed by atoms with Gasteiger partial charge in [-0.3, -0.25) is 4.79 Å². The molecule has 0 saturated carbocycles. The van der Waals surface area contributed by atoms with E-state index in [1.54, 1.807) is 25.1 Å². The number of nitrogens with zero attached hydrogens (tertiary/aromatic N) is 1. The molecule has 5 nitrogen and oxygen atoms in total. The summed E-state index contributed by atoms with van der Waals surface area (Å²) in [5.41, 5.74) is 1.23. The van der Waals surface area contributed by atoms with E-state index >= 15 is 0 Å². The summed E-state index contributed by atoms with van der Waals surface area (Å²) >= 11 is 0. The van der Waals surface area contributed by atoms with E-state index in [0.29, 0.717) is 24.2 Å². The number of ether oxygens (including phenoxy) is 1. The fourth-order valence-electron chi connectivity index (χ4n) is 2.22. The Morgan fingerprint density at radius 2 is 2.00 bits per heavy atom. The van der Waals surface area contributed by atoms with Crippen LogP contribution in [0.4, 0.5) is 0 Å². The van der Waals surface area contributed by atoms with Crippen molar-refractivity contribution in [2.24, 2.45) is 0 Å². The highest BCUT2D eigenvalue weighted by Gasteiger charge is 2.17. The van der Waals surface area contributed by atoms with Crippen LogP contribution in [-0.4, -0.2) is 31.2 Å². The van der Waals surface area contributed by atoms with Crippen molar-refractivity contribution in [3.63, 3.8) is 0 Å². The van der Waals surface area contributed by atoms with Gasteiger partial charge >= 0.3 is 5.97 Å². The fourth-order valence-corrected chi connectivity index (χ4v) is 3.31. The molecule has 1 aromatic heterocycles. The Kier molecular flexibility index (Phi) is 4.13. The molecule has 0 bridgehead atoms. The van der Waals surface area contributed by atoms with E-state index in [1.165, 1.54) is 3.97 Å². The lowest BCUT2D eigenvalue weighted by Crippen LogP contribution is -2.14. The Hall–Kier alpha value is -1.82. The molecule has 0 N–H and O–H groups in total. The van der Waals surface area contributed by atoms with E-state index in [0.717, 1.165) is 11.6 Å². The first-order chi connectivity index (χ1) is 9.43. The minimum Gasteiger partial charge on any atom is -0.466 e. The second-order valence-electron chi connectivity index (χ2n) is 4.53. The number of hydrogen-bond acceptors (Lipinski definition) is 4. The van der Waals surface area contributed by atoms with Crippen molar-refractivity contribution in [3.8, 4) is 0 Å². The average Bonchev–Trinajstić information content (AvgIpc) is 2.74. The maximum Gasteiger partial charge on any atom is 0.306 e. The summed E-state index contributed by atoms with van der Waals surface area (Å²) in [6, 6.07) is 9.05. The molecule has 0 fully saturated rings. The quantitative estimate of drug-likeness (QED) is 0.791. The average molecular weight is 295 g/mol. The van der Waals surface area contributed by atoms with Crippen LogP contribution in [-0.2, 0) is 26.0 Å². The van der Waals surface area contributed by atoms with E-state index < -0.39 is 10.0 Å². The lowest BCUT2D eigenvalue weighted by atomic mass is 10.2. The number of carbonyl (C=O) groups is 1. The zero-order valence-corrected chi connectivity index (χ0v) is 12.3. The van der Waals surface area contributed by atoms with Gasteiger partial charge < -0.3 is 4.74 Å². The highest BCUT2D eigenvalue weighted by Crippen LogP contribution is 2.22. The number of benzene rings is 1. The van der Waals surface area contributed by atoms with E-state index in [1.807, 2.05) is 12.1 Å². The van der Waals surface area contributed by atoms with Crippen LogP contribution in [0.5, 0.6) is 0 Å². The lowest BCUT2D eigenvalue weighted by molar-refractivity contribution is -0.143. The topological polar surface area (TPSA) is 65.4 Å². The zero-order valence-electron chi connectivity index (χ0n) is 11.5. The van der Waals surface area contributed by atoms with Crippen LogP contribution in [0.2, 0.25) is 0 Å². The number of rotatable bonds is 5. The van der Waals surface area contributed by atoms with Gasteiger partial charge in [0.1, 0.15) is 0 Å². The summed E-state index contributed by atoms with van der Waals surface area (Å²) in [6.45, 7) is 2.07. The van der Waals surface area contributed by atoms with Crippen molar-refractivity contribution in [1.29, 1.82) is 0 Å². The molecule has 0 spiro atoms. The van der Waals surface area contributed by atoms with Gasteiger partial charge in [-0.15, -0.1) is 0 Å². The Bertz CT molecular complexity index is 731. The summed E-state index contributed by atoms with van der Waals surface area (Å²) < 4.78 is 30.1. The molecule has 0 unspecified atom stereocenters. The van der Waals surface area contributed by atoms with Crippen LogP contribution in [0.25, 0.3) is 10.9 Å². The highest BCUT2D eigenvalue weighted by molar-refractivity contribution is 7.89. The van der Waals surface area contributed by atoms with Crippen LogP contribution >= 0.6 is 0 Å². The molecule has 0 atom stereocenters. The third-order valence-corrected chi connectivity index (χ3v) is 4.06. The summed E-state index contributed by atoms with van der Waals surface area (Å²) in [5, 5.41) is 0.844. The number of carbonyl (C=O) groups excluding carboxylic acids is 1. The number of para-hydroxylation sites is 1. The first kappa shape index (κ1) is 14.6. The Morgan fingerprint density at radius 1 is 1.30 bits per heavy atom. The Labute approximate surface area is 118 Å². The monoisotopic (exact) mass is 295 g/mol. The van der Waals surface area contributed by atoms with Gasteiger partial charge in [0.2, 0.25) is 10.0 Å². The van der Waals surface area contributed by atoms with Gasteiger partial charge in [-0.2, -0.15) is 0 Å². The molecule has 0 saturated heterocycles. The maximum absolute atomic E-state index is 11.9. The number of fused-ring (bicyclic) bond motifs is 1. The van der Waals surface area contributed by atoms with Crippen LogP contribution in [0.15, 0.2) is 30.3 Å². The highest BCUT2D eigenvalue weighted by atomic mass is 32.2. The van der Waals surface area contributed by atoms with E-state index in [2.05, 4.69) is 0 Å². The minimum atomic E-state index is -3.41. The first-order valence-corrected chi connectivity index (χ1v) is 8.24. The van der Waals surface area contributed by atoms with Crippen molar-refractivity contribution >= 4 is 26.9 Å². The van der Waals surface area contributed by atoms with Gasteiger partial charge in [0.05, 0.1) is 24.8 Å². The molecule has 1 aromatic carbocycles. The SMILES string of the molecule is CCOC(=O)CCc1cc2ccccc2n1S(C)(=O)=O. The molecule has 0 aliphatic rings. The summed E-state index contributed by atoms with van der Waals surface area (Å²) in [7, 11) is -3.41. The van der Waals surface area contributed by atoms with Crippen molar-refractivity contribution in [2.75, 3.05) is 12.9 Å². The van der Waals surface area contributed by atoms with E-state index in [4.69, 9.17) is 4.74 Å². The number of aromatic nitrogens is 1. The second kappa shape index (κ2) is 5.66. The third kappa shape index (κ3) is 3.01. The molecule has 0 radical (unpaired) electrons. The Balaban J connectivity index is 2.40. The van der Waals surface area contributed by atoms with Gasteiger partial charge in [-0.05, 0) is 25.5 Å². The smallest absolute Gasteiger partial charge is 0.306 e. The van der Waals surface area contributed by atoms with Crippen molar-refractivity contribution < 1.29 is 17.9 Å².